The summed E-state index contributed by atoms with van der Waals surface area (Å²) >= 11 is 7.52. The first-order valence-corrected chi connectivity index (χ1v) is 3.45. The summed E-state index contributed by atoms with van der Waals surface area (Å²) in [6.45, 7) is 0. The molecule has 0 aliphatic carbocycles. The third-order valence-corrected chi connectivity index (χ3v) is 2.17. The first-order chi connectivity index (χ1) is 3.80. The fraction of sp³-hybridized carbons (Fsp3) is 0. The molecule has 0 saturated heterocycles. The third-order valence-electron chi connectivity index (χ3n) is 0.958. The van der Waals surface area contributed by atoms with Gasteiger partial charge in [-0.15, -0.1) is 0 Å². The van der Waals surface area contributed by atoms with Crippen molar-refractivity contribution in [2.75, 3.05) is 0 Å². The van der Waals surface area contributed by atoms with E-state index in [-0.39, 0.29) is 12.4 Å². The summed E-state index contributed by atoms with van der Waals surface area (Å²) in [5.41, 5.74) is 0. The zero-order valence-electron chi connectivity index (χ0n) is 4.77. The van der Waals surface area contributed by atoms with E-state index in [1.165, 1.54) is 0 Å². The van der Waals surface area contributed by atoms with Gasteiger partial charge < -0.3 is 12.4 Å². The second kappa shape index (κ2) is 4.39. The van der Waals surface area contributed by atoms with Crippen molar-refractivity contribution in [2.45, 2.75) is 0 Å². The summed E-state index contributed by atoms with van der Waals surface area (Å²) in [6.07, 6.45) is 0. The molecule has 0 saturated carbocycles. The van der Waals surface area contributed by atoms with E-state index in [0.29, 0.717) is 0 Å². The summed E-state index contributed by atoms with van der Waals surface area (Å²) in [7, 11) is 0. The number of hydrogen-bond acceptors (Lipinski definition) is 0. The van der Waals surface area contributed by atoms with Gasteiger partial charge in [-0.3, -0.25) is 0 Å². The van der Waals surface area contributed by atoms with Crippen molar-refractivity contribution in [3.63, 3.8) is 0 Å². The van der Waals surface area contributed by atoms with Crippen LogP contribution in [0.25, 0.3) is 0 Å². The van der Waals surface area contributed by atoms with Crippen LogP contribution < -0.4 is 16.1 Å². The van der Waals surface area contributed by atoms with E-state index in [0.717, 1.165) is 8.72 Å². The van der Waals surface area contributed by atoms with Crippen molar-refractivity contribution in [3.05, 3.63) is 29.3 Å². The van der Waals surface area contributed by atoms with Gasteiger partial charge in [-0.2, -0.15) is 0 Å². The van der Waals surface area contributed by atoms with Gasteiger partial charge in [0.25, 0.3) is 0 Å². The third kappa shape index (κ3) is 2.76. The van der Waals surface area contributed by atoms with E-state index in [9.17, 15) is 0 Å². The van der Waals surface area contributed by atoms with Crippen LogP contribution in [0.5, 0.6) is 0 Å². The molecule has 0 aliphatic heterocycles. The van der Waals surface area contributed by atoms with E-state index in [4.69, 9.17) is 11.6 Å². The summed E-state index contributed by atoms with van der Waals surface area (Å²) in [4.78, 5) is 0. The molecule has 0 aliphatic rings. The second-order valence-corrected chi connectivity index (χ2v) is 2.76. The number of hydrogen-bond donors (Lipinski definition) is 0. The summed E-state index contributed by atoms with van der Waals surface area (Å²) in [5, 5.41) is 0.853. The topological polar surface area (TPSA) is 0 Å². The van der Waals surface area contributed by atoms with Gasteiger partial charge in [-0.05, 0) is 0 Å². The number of rotatable bonds is 0. The van der Waals surface area contributed by atoms with Gasteiger partial charge >= 0.3 is 66.3 Å². The fourth-order valence-electron chi connectivity index (χ4n) is 0.498. The average molecular weight is 171 g/mol. The van der Waals surface area contributed by atoms with E-state index < -0.39 is 0 Å². The Morgan fingerprint density at radius 1 is 1.22 bits per heavy atom. The maximum absolute atomic E-state index is 5.72. The average Bonchev–Trinajstić information content (AvgIpc) is 1.77. The van der Waals surface area contributed by atoms with Crippen LogP contribution in [-0.4, -0.2) is 21.7 Å². The van der Waals surface area contributed by atoms with Crippen molar-refractivity contribution in [1.82, 2.24) is 0 Å². The van der Waals surface area contributed by atoms with Crippen LogP contribution in [0.1, 0.15) is 0 Å². The fourth-order valence-corrected chi connectivity index (χ4v) is 0.888. The van der Waals surface area contributed by atoms with Crippen LogP contribution in [0.15, 0.2) is 24.3 Å². The predicted octanol–water partition coefficient (Wildman–Crippen LogP) is -1.86. The molecule has 1 rings (SSSR count). The molecule has 0 atom stereocenters. The van der Waals surface area contributed by atoms with E-state index in [1.807, 2.05) is 24.3 Å². The SMILES string of the molecule is [Cl-].[Mg+][c]1ccccc1Cl. The summed E-state index contributed by atoms with van der Waals surface area (Å²) in [6, 6.07) is 7.80. The van der Waals surface area contributed by atoms with Gasteiger partial charge in [0.1, 0.15) is 0 Å². The molecule has 44 valence electrons. The van der Waals surface area contributed by atoms with Gasteiger partial charge in [0, 0.05) is 0 Å². The van der Waals surface area contributed by atoms with Crippen molar-refractivity contribution < 1.29 is 12.4 Å². The first-order valence-electron chi connectivity index (χ1n) is 2.37. The normalized spacial score (nSPS) is 8.33. The maximum atomic E-state index is 5.72. The molecule has 1 aromatic carbocycles. The van der Waals surface area contributed by atoms with Crippen molar-refractivity contribution in [1.29, 1.82) is 0 Å². The molecule has 0 spiro atoms. The molecule has 0 bridgehead atoms. The zero-order chi connectivity index (χ0) is 5.98. The first kappa shape index (κ1) is 9.57. The monoisotopic (exact) mass is 170 g/mol. The number of halogens is 2. The Balaban J connectivity index is 0.000000640. The number of benzene rings is 1. The Labute approximate surface area is 78.4 Å². The minimum absolute atomic E-state index is 0. The van der Waals surface area contributed by atoms with Gasteiger partial charge in [0.2, 0.25) is 0 Å². The molecule has 0 aromatic heterocycles. The quantitative estimate of drug-likeness (QED) is 0.402. The van der Waals surface area contributed by atoms with E-state index >= 15 is 0 Å². The van der Waals surface area contributed by atoms with Crippen molar-refractivity contribution in [2.24, 2.45) is 0 Å². The van der Waals surface area contributed by atoms with Crippen molar-refractivity contribution in [3.8, 4) is 0 Å². The van der Waals surface area contributed by atoms with Crippen LogP contribution in [0.4, 0.5) is 0 Å². The van der Waals surface area contributed by atoms with Gasteiger partial charge in [-0.25, -0.2) is 0 Å². The molecule has 1 aromatic rings. The van der Waals surface area contributed by atoms with E-state index in [1.54, 1.807) is 21.7 Å². The van der Waals surface area contributed by atoms with Crippen LogP contribution in [0, 0.1) is 0 Å². The Bertz CT molecular complexity index is 167. The molecule has 0 fully saturated rings. The van der Waals surface area contributed by atoms with Gasteiger partial charge in [-0.1, -0.05) is 0 Å². The minimum atomic E-state index is 0. The van der Waals surface area contributed by atoms with Crippen LogP contribution >= 0.6 is 11.6 Å². The van der Waals surface area contributed by atoms with E-state index in [2.05, 4.69) is 0 Å². The molecule has 0 radical (unpaired) electrons. The molecule has 0 nitrogen and oxygen atoms in total. The Morgan fingerprint density at radius 2 is 1.78 bits per heavy atom. The second-order valence-electron chi connectivity index (χ2n) is 1.59. The molecule has 3 heteroatoms. The summed E-state index contributed by atoms with van der Waals surface area (Å²) < 4.78 is 1.16. The molecule has 9 heavy (non-hydrogen) atoms. The standard InChI is InChI=1S/C6H4Cl.ClH.Mg/c7-6-4-2-1-3-5-6;;/h1-4H;1H;/q;;+1/p-1. The van der Waals surface area contributed by atoms with Crippen LogP contribution in [-0.2, 0) is 0 Å². The Kier molecular flexibility index (Phi) is 4.67. The zero-order valence-corrected chi connectivity index (χ0v) is 7.70. The molecular formula is C6H4Cl2Mg. The molecular weight excluding hydrogens is 167 g/mol. The molecule has 0 N–H and O–H groups in total. The van der Waals surface area contributed by atoms with Gasteiger partial charge in [0.05, 0.1) is 0 Å². The van der Waals surface area contributed by atoms with Crippen LogP contribution in [0.2, 0.25) is 5.02 Å². The summed E-state index contributed by atoms with van der Waals surface area (Å²) in [5.74, 6) is 0. The Hall–Kier alpha value is 0.566. The van der Waals surface area contributed by atoms with Crippen LogP contribution in [0.3, 0.4) is 0 Å². The Morgan fingerprint density at radius 3 is 2.11 bits per heavy atom. The van der Waals surface area contributed by atoms with Crippen molar-refractivity contribution >= 4 is 37.0 Å². The predicted molar refractivity (Wildman–Crippen MR) is 36.8 cm³/mol. The molecule has 0 heterocycles. The molecule has 0 amide bonds. The van der Waals surface area contributed by atoms with Gasteiger partial charge in [0.15, 0.2) is 0 Å². The molecule has 0 unspecified atom stereocenters.